The number of nitrogens with zero attached hydrogens (tertiary/aromatic N) is 5. The van der Waals surface area contributed by atoms with Crippen LogP contribution in [0.2, 0.25) is 0 Å². The number of rotatable bonds is 9. The number of pyridine rings is 5. The average molecular weight is 1730 g/mol. The van der Waals surface area contributed by atoms with Crippen LogP contribution in [0.3, 0.4) is 0 Å². The molecule has 0 N–H and O–H groups in total. The maximum atomic E-state index is 4.53. The Bertz CT molecular complexity index is 3930. The summed E-state index contributed by atoms with van der Waals surface area (Å²) in [7, 11) is 0. The molecule has 0 spiro atoms. The Labute approximate surface area is 587 Å². The molecule has 467 valence electrons. The van der Waals surface area contributed by atoms with Gasteiger partial charge in [0.1, 0.15) is 0 Å². The predicted molar refractivity (Wildman–Crippen MR) is 370 cm³/mol. The van der Waals surface area contributed by atoms with Crippen molar-refractivity contribution < 1.29 is 60.3 Å². The van der Waals surface area contributed by atoms with Crippen molar-refractivity contribution in [2.24, 2.45) is 0 Å². The maximum absolute atomic E-state index is 4.53. The molecule has 3 radical (unpaired) electrons. The monoisotopic (exact) mass is 1730 g/mol. The zero-order chi connectivity index (χ0) is 62.3. The Balaban J connectivity index is 0.000000185. The predicted octanol–water partition coefficient (Wildman–Crippen LogP) is 21.5. The summed E-state index contributed by atoms with van der Waals surface area (Å²) in [5.41, 5.74) is 21.4. The van der Waals surface area contributed by atoms with Crippen LogP contribution >= 0.6 is 0 Å². The van der Waals surface area contributed by atoms with Crippen molar-refractivity contribution in [1.29, 1.82) is 0 Å². The van der Waals surface area contributed by atoms with E-state index in [0.29, 0.717) is 5.92 Å². The molecule has 0 saturated heterocycles. The van der Waals surface area contributed by atoms with Gasteiger partial charge in [0.15, 0.2) is 0 Å². The van der Waals surface area contributed by atoms with Gasteiger partial charge in [0.05, 0.1) is 0 Å². The molecule has 5 aromatic heterocycles. The molecule has 0 atom stereocenters. The van der Waals surface area contributed by atoms with Crippen LogP contribution in [0.5, 0.6) is 0 Å². The minimum Gasteiger partial charge on any atom is -0.305 e. The minimum absolute atomic E-state index is 0. The summed E-state index contributed by atoms with van der Waals surface area (Å²) < 4.78 is 0. The molecular formula is C84H74Ir3N5-5. The van der Waals surface area contributed by atoms with Crippen molar-refractivity contribution in [3.63, 3.8) is 0 Å². The molecule has 5 nitrogen and oxygen atoms in total. The van der Waals surface area contributed by atoms with Crippen LogP contribution < -0.4 is 0 Å². The van der Waals surface area contributed by atoms with Crippen LogP contribution in [0.15, 0.2) is 298 Å². The second-order valence-electron chi connectivity index (χ2n) is 23.5. The first-order valence-corrected chi connectivity index (χ1v) is 30.1. The van der Waals surface area contributed by atoms with Gasteiger partial charge in [-0.15, -0.1) is 178 Å². The Hall–Kier alpha value is -8.54. The zero-order valence-corrected chi connectivity index (χ0v) is 60.3. The molecule has 0 bridgehead atoms. The third kappa shape index (κ3) is 21.8. The van der Waals surface area contributed by atoms with Crippen molar-refractivity contribution in [1.82, 2.24) is 24.9 Å². The SMILES string of the molecule is CC(C)(C)c1ccnc(-c2[c-]ccc(-c3ccccc3)c2)c1.CC(C)(C)c1ccnc(-c2[c-]ccc(-c3ccccc3)c2)c1.CC(C)c1ccnc(-c2[c-]ccc(-c3ccccc3)c2)c1.[Ir].[Ir].[Ir].[c-]1ccccc1-c1ccccn1.[c-]1ccccc1-c1ccccn1. The summed E-state index contributed by atoms with van der Waals surface area (Å²) in [6.07, 6.45) is 9.23. The van der Waals surface area contributed by atoms with Crippen molar-refractivity contribution in [2.45, 2.75) is 72.1 Å². The Morgan fingerprint density at radius 2 is 0.576 bits per heavy atom. The van der Waals surface area contributed by atoms with Crippen LogP contribution in [0.25, 0.3) is 89.7 Å². The van der Waals surface area contributed by atoms with Gasteiger partial charge in [-0.1, -0.05) is 194 Å². The topological polar surface area (TPSA) is 64.5 Å². The van der Waals surface area contributed by atoms with Crippen LogP contribution in [-0.2, 0) is 71.1 Å². The van der Waals surface area contributed by atoms with E-state index in [1.807, 2.05) is 140 Å². The summed E-state index contributed by atoms with van der Waals surface area (Å²) in [4.78, 5) is 22.0. The first-order chi connectivity index (χ1) is 43.2. The van der Waals surface area contributed by atoms with Gasteiger partial charge in [0.25, 0.3) is 0 Å². The van der Waals surface area contributed by atoms with Gasteiger partial charge in [0.2, 0.25) is 0 Å². The van der Waals surface area contributed by atoms with E-state index in [9.17, 15) is 0 Å². The van der Waals surface area contributed by atoms with Crippen LogP contribution in [0.1, 0.15) is 78.0 Å². The van der Waals surface area contributed by atoms with E-state index in [4.69, 9.17) is 0 Å². The Kier molecular flexibility index (Phi) is 28.8. The van der Waals surface area contributed by atoms with Gasteiger partial charge in [0, 0.05) is 91.3 Å². The molecule has 8 aromatic carbocycles. The molecule has 8 heteroatoms. The number of hydrogen-bond acceptors (Lipinski definition) is 5. The maximum Gasteiger partial charge on any atom is 0.0163 e. The number of aromatic nitrogens is 5. The molecule has 0 unspecified atom stereocenters. The normalized spacial score (nSPS) is 10.4. The second kappa shape index (κ2) is 36.5. The van der Waals surface area contributed by atoms with E-state index in [-0.39, 0.29) is 71.1 Å². The Morgan fingerprint density at radius 1 is 0.261 bits per heavy atom. The summed E-state index contributed by atoms with van der Waals surface area (Å²) in [6.45, 7) is 17.7. The molecule has 0 fully saturated rings. The van der Waals surface area contributed by atoms with Crippen molar-refractivity contribution in [3.8, 4) is 89.7 Å². The smallest absolute Gasteiger partial charge is 0.0163 e. The van der Waals surface area contributed by atoms with E-state index >= 15 is 0 Å². The zero-order valence-electron chi connectivity index (χ0n) is 53.1. The molecule has 0 aliphatic rings. The van der Waals surface area contributed by atoms with Gasteiger partial charge >= 0.3 is 0 Å². The first kappa shape index (κ1) is 72.5. The second-order valence-corrected chi connectivity index (χ2v) is 23.5. The van der Waals surface area contributed by atoms with E-state index in [2.05, 4.69) is 256 Å². The van der Waals surface area contributed by atoms with Crippen molar-refractivity contribution in [3.05, 3.63) is 345 Å². The molecule has 92 heavy (non-hydrogen) atoms. The molecule has 0 aliphatic carbocycles. The van der Waals surface area contributed by atoms with Crippen molar-refractivity contribution >= 4 is 0 Å². The number of hydrogen-bond donors (Lipinski definition) is 0. The first-order valence-electron chi connectivity index (χ1n) is 30.1. The average Bonchev–Trinajstić information content (AvgIpc) is 0.918. The van der Waals surface area contributed by atoms with Crippen LogP contribution in [0.4, 0.5) is 0 Å². The quantitative estimate of drug-likeness (QED) is 0.135. The number of benzene rings is 8. The minimum atomic E-state index is 0. The van der Waals surface area contributed by atoms with Gasteiger partial charge in [-0.25, -0.2) is 0 Å². The van der Waals surface area contributed by atoms with E-state index in [1.165, 1.54) is 50.1 Å². The fraction of sp³-hybridized carbons (Fsp3) is 0.131. The molecule has 5 heterocycles. The van der Waals surface area contributed by atoms with Gasteiger partial charge in [-0.05, 0) is 103 Å². The van der Waals surface area contributed by atoms with Gasteiger partial charge < -0.3 is 24.9 Å². The van der Waals surface area contributed by atoms with E-state index in [1.54, 1.807) is 12.4 Å². The molecule has 13 rings (SSSR count). The van der Waals surface area contributed by atoms with Gasteiger partial charge in [-0.3, -0.25) is 0 Å². The Morgan fingerprint density at radius 3 is 0.891 bits per heavy atom. The molecule has 0 aliphatic heterocycles. The fourth-order valence-corrected chi connectivity index (χ4v) is 9.47. The summed E-state index contributed by atoms with van der Waals surface area (Å²) in [5.74, 6) is 0.504. The third-order valence-electron chi connectivity index (χ3n) is 14.6. The standard InChI is InChI=1S/2C21H20N.C20H18N.2C11H8N.3Ir/c2*1-21(2,3)19-12-13-22-20(15-19)18-11-7-10-17(14-18)16-8-5-4-6-9-16;1-15(2)17-11-12-21-20(14-17)19-10-6-9-18(13-19)16-7-4-3-5-8-16;2*1-2-6-10(7-3-1)11-8-4-5-9-12-11;;;/h2*4-10,12-15H,1-3H3;3-9,11-15H,1-2H3;2*1-6,8-9H;;;/q5*-1;;;. The van der Waals surface area contributed by atoms with Crippen LogP contribution in [0, 0.1) is 30.3 Å². The molecular weight excluding hydrogens is 1660 g/mol. The molecule has 13 aromatic rings. The summed E-state index contributed by atoms with van der Waals surface area (Å²) in [5, 5.41) is 0. The van der Waals surface area contributed by atoms with Crippen molar-refractivity contribution in [2.75, 3.05) is 0 Å². The molecule has 0 amide bonds. The third-order valence-corrected chi connectivity index (χ3v) is 14.6. The molecule has 0 saturated carbocycles. The van der Waals surface area contributed by atoms with Crippen LogP contribution in [-0.4, -0.2) is 24.9 Å². The van der Waals surface area contributed by atoms with E-state index < -0.39 is 0 Å². The van der Waals surface area contributed by atoms with E-state index in [0.717, 1.165) is 56.3 Å². The fourth-order valence-electron chi connectivity index (χ4n) is 9.47. The summed E-state index contributed by atoms with van der Waals surface area (Å²) >= 11 is 0. The summed E-state index contributed by atoms with van der Waals surface area (Å²) in [6, 6.07) is 106. The largest absolute Gasteiger partial charge is 0.305 e. The van der Waals surface area contributed by atoms with Gasteiger partial charge in [-0.2, -0.15) is 0 Å².